The molecule has 4 heteroatoms. The van der Waals surface area contributed by atoms with E-state index in [1.165, 1.54) is 19.3 Å². The van der Waals surface area contributed by atoms with Crippen LogP contribution < -0.4 is 0 Å². The molecule has 2 unspecified atom stereocenters. The molecule has 1 rings (SSSR count). The fourth-order valence-corrected chi connectivity index (χ4v) is 3.96. The van der Waals surface area contributed by atoms with Crippen molar-refractivity contribution in [2.24, 2.45) is 11.8 Å². The van der Waals surface area contributed by atoms with E-state index in [2.05, 4.69) is 25.8 Å². The first-order valence-corrected chi connectivity index (χ1v) is 8.60. The summed E-state index contributed by atoms with van der Waals surface area (Å²) in [5.41, 5.74) is 0. The van der Waals surface area contributed by atoms with Crippen LogP contribution in [-0.4, -0.2) is 44.5 Å². The van der Waals surface area contributed by atoms with Crippen LogP contribution >= 0.6 is 0 Å². The highest BCUT2D eigenvalue weighted by atomic mass is 32.2. The summed E-state index contributed by atoms with van der Waals surface area (Å²) in [5, 5.41) is 0. The number of nitrogens with zero attached hydrogens (tertiary/aromatic N) is 1. The molecule has 0 N–H and O–H groups in total. The molecule has 0 aromatic rings. The van der Waals surface area contributed by atoms with Gasteiger partial charge in [-0.05, 0) is 31.7 Å². The largest absolute Gasteiger partial charge is 0.302 e. The highest BCUT2D eigenvalue weighted by Gasteiger charge is 2.30. The van der Waals surface area contributed by atoms with Crippen molar-refractivity contribution in [1.29, 1.82) is 0 Å². The first-order chi connectivity index (χ1) is 7.87. The summed E-state index contributed by atoms with van der Waals surface area (Å²) in [4.78, 5) is 2.27. The van der Waals surface area contributed by atoms with Gasteiger partial charge in [-0.15, -0.1) is 0 Å². The third-order valence-corrected chi connectivity index (χ3v) is 5.87. The standard InChI is InChI=1S/C13H27NO2S/c1-5-17(15,16)10-9-14(4)13-11(2)7-6-8-12(13)3/h11-13H,5-10H2,1-4H3. The SMILES string of the molecule is CCS(=O)(=O)CCN(C)C1C(C)CCCC1C. The third kappa shape index (κ3) is 4.25. The van der Waals surface area contributed by atoms with Gasteiger partial charge in [0.2, 0.25) is 0 Å². The molecule has 0 aromatic carbocycles. The molecule has 1 fully saturated rings. The Morgan fingerprint density at radius 2 is 1.71 bits per heavy atom. The van der Waals surface area contributed by atoms with Crippen LogP contribution in [0.1, 0.15) is 40.0 Å². The van der Waals surface area contributed by atoms with Gasteiger partial charge < -0.3 is 4.90 Å². The Labute approximate surface area is 106 Å². The molecule has 3 nitrogen and oxygen atoms in total. The lowest BCUT2D eigenvalue weighted by atomic mass is 9.78. The molecular weight excluding hydrogens is 234 g/mol. The van der Waals surface area contributed by atoms with E-state index < -0.39 is 9.84 Å². The van der Waals surface area contributed by atoms with Gasteiger partial charge >= 0.3 is 0 Å². The molecule has 1 aliphatic carbocycles. The highest BCUT2D eigenvalue weighted by Crippen LogP contribution is 2.31. The number of hydrogen-bond acceptors (Lipinski definition) is 3. The predicted molar refractivity (Wildman–Crippen MR) is 72.9 cm³/mol. The van der Waals surface area contributed by atoms with Crippen molar-refractivity contribution in [1.82, 2.24) is 4.90 Å². The topological polar surface area (TPSA) is 37.4 Å². The lowest BCUT2D eigenvalue weighted by molar-refractivity contribution is 0.0967. The van der Waals surface area contributed by atoms with Crippen molar-refractivity contribution in [2.75, 3.05) is 25.1 Å². The van der Waals surface area contributed by atoms with E-state index >= 15 is 0 Å². The normalized spacial score (nSPS) is 30.8. The zero-order valence-corrected chi connectivity index (χ0v) is 12.5. The van der Waals surface area contributed by atoms with Crippen molar-refractivity contribution in [3.63, 3.8) is 0 Å². The van der Waals surface area contributed by atoms with Crippen LogP contribution in [0.2, 0.25) is 0 Å². The molecule has 0 aliphatic heterocycles. The van der Waals surface area contributed by atoms with Crippen LogP contribution in [0.5, 0.6) is 0 Å². The van der Waals surface area contributed by atoms with Gasteiger partial charge in [-0.3, -0.25) is 0 Å². The highest BCUT2D eigenvalue weighted by molar-refractivity contribution is 7.91. The van der Waals surface area contributed by atoms with Gasteiger partial charge in [0.25, 0.3) is 0 Å². The number of rotatable bonds is 5. The maximum Gasteiger partial charge on any atom is 0.151 e. The number of sulfone groups is 1. The van der Waals surface area contributed by atoms with Crippen molar-refractivity contribution < 1.29 is 8.42 Å². The minimum absolute atomic E-state index is 0.261. The van der Waals surface area contributed by atoms with Crippen molar-refractivity contribution in [3.8, 4) is 0 Å². The zero-order chi connectivity index (χ0) is 13.1. The lowest BCUT2D eigenvalue weighted by Gasteiger charge is -2.40. The van der Waals surface area contributed by atoms with Gasteiger partial charge in [-0.2, -0.15) is 0 Å². The van der Waals surface area contributed by atoms with Gasteiger partial charge in [0, 0.05) is 18.3 Å². The third-order valence-electron chi connectivity index (χ3n) is 4.19. The van der Waals surface area contributed by atoms with E-state index in [-0.39, 0.29) is 5.75 Å². The maximum atomic E-state index is 11.5. The van der Waals surface area contributed by atoms with Crippen molar-refractivity contribution >= 4 is 9.84 Å². The van der Waals surface area contributed by atoms with E-state index in [0.717, 1.165) is 0 Å². The summed E-state index contributed by atoms with van der Waals surface area (Å²) in [6.45, 7) is 6.99. The second-order valence-electron chi connectivity index (χ2n) is 5.59. The summed E-state index contributed by atoms with van der Waals surface area (Å²) >= 11 is 0. The van der Waals surface area contributed by atoms with Crippen LogP contribution in [0.25, 0.3) is 0 Å². The molecule has 0 spiro atoms. The first-order valence-electron chi connectivity index (χ1n) is 6.78. The molecule has 0 radical (unpaired) electrons. The minimum Gasteiger partial charge on any atom is -0.302 e. The average Bonchev–Trinajstić information content (AvgIpc) is 2.26. The summed E-state index contributed by atoms with van der Waals surface area (Å²) < 4.78 is 23.0. The van der Waals surface area contributed by atoms with Crippen molar-refractivity contribution in [2.45, 2.75) is 46.1 Å². The van der Waals surface area contributed by atoms with E-state index in [1.807, 2.05) is 0 Å². The molecule has 17 heavy (non-hydrogen) atoms. The Morgan fingerprint density at radius 1 is 1.18 bits per heavy atom. The molecule has 102 valence electrons. The second-order valence-corrected chi connectivity index (χ2v) is 8.07. The zero-order valence-electron chi connectivity index (χ0n) is 11.6. The predicted octanol–water partition coefficient (Wildman–Crippen LogP) is 2.18. The quantitative estimate of drug-likeness (QED) is 0.761. The Balaban J connectivity index is 2.53. The van der Waals surface area contributed by atoms with Gasteiger partial charge in [-0.1, -0.05) is 27.2 Å². The Kier molecular flexibility index (Phi) is 5.45. The van der Waals surface area contributed by atoms with Crippen LogP contribution in [0.15, 0.2) is 0 Å². The average molecular weight is 261 g/mol. The Morgan fingerprint density at radius 3 is 2.18 bits per heavy atom. The van der Waals surface area contributed by atoms with Gasteiger partial charge in [0.05, 0.1) is 5.75 Å². The molecule has 0 heterocycles. The Bertz CT molecular complexity index is 316. The molecule has 1 aliphatic rings. The van der Waals surface area contributed by atoms with E-state index in [4.69, 9.17) is 0 Å². The summed E-state index contributed by atoms with van der Waals surface area (Å²) in [5.74, 6) is 1.94. The van der Waals surface area contributed by atoms with Crippen molar-refractivity contribution in [3.05, 3.63) is 0 Å². The minimum atomic E-state index is -2.83. The monoisotopic (exact) mass is 261 g/mol. The van der Waals surface area contributed by atoms with E-state index in [9.17, 15) is 8.42 Å². The van der Waals surface area contributed by atoms with Gasteiger partial charge in [0.15, 0.2) is 9.84 Å². The lowest BCUT2D eigenvalue weighted by Crippen LogP contribution is -2.45. The van der Waals surface area contributed by atoms with Gasteiger partial charge in [0.1, 0.15) is 0 Å². The molecule has 0 amide bonds. The molecular formula is C13H27NO2S. The van der Waals surface area contributed by atoms with Crippen LogP contribution in [0, 0.1) is 11.8 Å². The molecule has 0 bridgehead atoms. The summed E-state index contributed by atoms with van der Waals surface area (Å²) in [7, 11) is -0.752. The van der Waals surface area contributed by atoms with Crippen LogP contribution in [0.4, 0.5) is 0 Å². The van der Waals surface area contributed by atoms with E-state index in [0.29, 0.717) is 30.2 Å². The fraction of sp³-hybridized carbons (Fsp3) is 1.00. The maximum absolute atomic E-state index is 11.5. The van der Waals surface area contributed by atoms with Crippen LogP contribution in [-0.2, 0) is 9.84 Å². The summed E-state index contributed by atoms with van der Waals surface area (Å²) in [6, 6.07) is 0.552. The first kappa shape index (κ1) is 15.0. The molecule has 1 saturated carbocycles. The number of hydrogen-bond donors (Lipinski definition) is 0. The molecule has 2 atom stereocenters. The van der Waals surface area contributed by atoms with E-state index in [1.54, 1.807) is 6.92 Å². The fourth-order valence-electron chi connectivity index (χ4n) is 3.11. The molecule has 0 aromatic heterocycles. The Hall–Kier alpha value is -0.0900. The summed E-state index contributed by atoms with van der Waals surface area (Å²) in [6.07, 6.45) is 3.87. The van der Waals surface area contributed by atoms with Crippen LogP contribution in [0.3, 0.4) is 0 Å². The smallest absolute Gasteiger partial charge is 0.151 e. The molecule has 0 saturated heterocycles. The van der Waals surface area contributed by atoms with Gasteiger partial charge in [-0.25, -0.2) is 8.42 Å². The second kappa shape index (κ2) is 6.19.